The highest BCUT2D eigenvalue weighted by atomic mass is 16.6. The molecule has 2 saturated carbocycles. The summed E-state index contributed by atoms with van der Waals surface area (Å²) < 4.78 is 34.3. The highest BCUT2D eigenvalue weighted by molar-refractivity contribution is 5.74. The number of ether oxygens (including phenoxy) is 6. The lowest BCUT2D eigenvalue weighted by atomic mass is 9.55. The smallest absolute Gasteiger partial charge is 0.306 e. The fourth-order valence-electron chi connectivity index (χ4n) is 10.5. The zero-order chi connectivity index (χ0) is 47.9. The van der Waals surface area contributed by atoms with Crippen molar-refractivity contribution in [3.05, 3.63) is 0 Å². The Bertz CT molecular complexity index is 1360. The molecule has 13 nitrogen and oxygen atoms in total. The maximum absolute atomic E-state index is 13.9. The van der Waals surface area contributed by atoms with E-state index in [9.17, 15) is 28.8 Å². The van der Waals surface area contributed by atoms with Crippen LogP contribution in [-0.2, 0) is 57.2 Å². The minimum Gasteiger partial charge on any atom is -0.466 e. The second-order valence-corrected chi connectivity index (χ2v) is 20.5. The zero-order valence-corrected chi connectivity index (χ0v) is 41.9. The number of esters is 6. The van der Waals surface area contributed by atoms with Gasteiger partial charge in [-0.2, -0.15) is 0 Å². The summed E-state index contributed by atoms with van der Waals surface area (Å²) in [7, 11) is 0. The topological polar surface area (TPSA) is 161 Å². The van der Waals surface area contributed by atoms with E-state index in [-0.39, 0.29) is 101 Å². The van der Waals surface area contributed by atoms with Crippen LogP contribution in [-0.4, -0.2) is 100.0 Å². The van der Waals surface area contributed by atoms with Gasteiger partial charge in [-0.15, -0.1) is 0 Å². The molecule has 4 unspecified atom stereocenters. The molecule has 0 spiro atoms. The summed E-state index contributed by atoms with van der Waals surface area (Å²) >= 11 is 0. The molecule has 1 heterocycles. The molecular weight excluding hydrogens is 843 g/mol. The van der Waals surface area contributed by atoms with E-state index in [1.165, 1.54) is 51.4 Å². The Morgan fingerprint density at radius 2 is 0.939 bits per heavy atom. The van der Waals surface area contributed by atoms with E-state index >= 15 is 0 Å². The van der Waals surface area contributed by atoms with Gasteiger partial charge in [0.25, 0.3) is 0 Å². The molecule has 66 heavy (non-hydrogen) atoms. The maximum Gasteiger partial charge on any atom is 0.306 e. The van der Waals surface area contributed by atoms with Crippen molar-refractivity contribution in [2.45, 2.75) is 214 Å². The van der Waals surface area contributed by atoms with Gasteiger partial charge in [0.05, 0.1) is 19.6 Å². The number of carbonyl (C=O) groups is 6. The first-order valence-electron chi connectivity index (χ1n) is 26.5. The van der Waals surface area contributed by atoms with Crippen LogP contribution in [0.2, 0.25) is 0 Å². The summed E-state index contributed by atoms with van der Waals surface area (Å²) in [6.45, 7) is 11.0. The Morgan fingerprint density at radius 1 is 0.500 bits per heavy atom. The Morgan fingerprint density at radius 3 is 1.42 bits per heavy atom. The van der Waals surface area contributed by atoms with Gasteiger partial charge in [0, 0.05) is 32.1 Å². The fourth-order valence-corrected chi connectivity index (χ4v) is 10.5. The number of rotatable bonds is 37. The van der Waals surface area contributed by atoms with Gasteiger partial charge in [-0.3, -0.25) is 28.8 Å². The van der Waals surface area contributed by atoms with E-state index in [1.807, 2.05) is 0 Å². The molecule has 2 aliphatic carbocycles. The van der Waals surface area contributed by atoms with Crippen LogP contribution in [0.1, 0.15) is 214 Å². The van der Waals surface area contributed by atoms with Crippen LogP contribution in [0.15, 0.2) is 0 Å². The molecule has 0 aromatic heterocycles. The molecule has 3 aliphatic rings. The van der Waals surface area contributed by atoms with Crippen LogP contribution in [0, 0.1) is 28.6 Å². The van der Waals surface area contributed by atoms with E-state index in [1.54, 1.807) is 0 Å². The van der Waals surface area contributed by atoms with Crippen LogP contribution < -0.4 is 0 Å². The van der Waals surface area contributed by atoms with Crippen LogP contribution in [0.25, 0.3) is 0 Å². The lowest BCUT2D eigenvalue weighted by Crippen LogP contribution is -2.45. The molecule has 0 aromatic carbocycles. The molecule has 0 radical (unpaired) electrons. The quantitative estimate of drug-likeness (QED) is 0.0329. The number of likely N-dealkylation sites (tertiary alicyclic amines) is 1. The molecule has 3 rings (SSSR count). The van der Waals surface area contributed by atoms with E-state index in [2.05, 4.69) is 32.6 Å². The molecule has 0 aromatic rings. The van der Waals surface area contributed by atoms with Crippen LogP contribution >= 0.6 is 0 Å². The zero-order valence-electron chi connectivity index (χ0n) is 41.9. The van der Waals surface area contributed by atoms with Gasteiger partial charge in [0.1, 0.15) is 31.8 Å². The first-order valence-corrected chi connectivity index (χ1v) is 26.5. The minimum atomic E-state index is -1.41. The fraction of sp³-hybridized carbons (Fsp3) is 0.887. The number of unbranched alkanes of at least 4 members (excludes halogenated alkanes) is 10. The minimum absolute atomic E-state index is 0.0620. The average molecular weight is 934 g/mol. The Labute approximate surface area is 398 Å². The van der Waals surface area contributed by atoms with Crippen LogP contribution in [0.3, 0.4) is 0 Å². The van der Waals surface area contributed by atoms with Crippen molar-refractivity contribution >= 4 is 35.8 Å². The highest BCUT2D eigenvalue weighted by Crippen LogP contribution is 2.55. The Kier molecular flexibility index (Phi) is 28.8. The average Bonchev–Trinajstić information content (AvgIpc) is 3.81. The van der Waals surface area contributed by atoms with Gasteiger partial charge in [0.2, 0.25) is 0 Å². The lowest BCUT2D eigenvalue weighted by molar-refractivity contribution is -0.172. The van der Waals surface area contributed by atoms with Crippen molar-refractivity contribution in [1.29, 1.82) is 0 Å². The summed E-state index contributed by atoms with van der Waals surface area (Å²) in [6.07, 6.45) is 23.2. The number of hydrogen-bond donors (Lipinski definition) is 0. The first-order chi connectivity index (χ1) is 31.9. The van der Waals surface area contributed by atoms with Gasteiger partial charge >= 0.3 is 35.8 Å². The third kappa shape index (κ3) is 24.7. The second-order valence-electron chi connectivity index (χ2n) is 20.5. The van der Waals surface area contributed by atoms with E-state index in [0.717, 1.165) is 96.7 Å². The summed E-state index contributed by atoms with van der Waals surface area (Å²) in [5, 5.41) is 0. The Hall–Kier alpha value is -3.22. The molecular formula is C53H91NO12. The van der Waals surface area contributed by atoms with Gasteiger partial charge in [0.15, 0.2) is 0 Å². The van der Waals surface area contributed by atoms with Crippen LogP contribution in [0.5, 0.6) is 0 Å². The third-order valence-electron chi connectivity index (χ3n) is 14.0. The molecule has 0 N–H and O–H groups in total. The van der Waals surface area contributed by atoms with Crippen LogP contribution in [0.4, 0.5) is 0 Å². The summed E-state index contributed by atoms with van der Waals surface area (Å²) in [6, 6.07) is 0. The number of fused-ring (bicyclic) bond motifs is 2. The standard InChI is InChI=1S/C53H91NO12/c1-5-8-10-12-14-18-31-61-46(55)23-20-25-48(57)63-39-53(41-65-50(59)27-22-30-54-28-16-17-29-54,40-64-49(58)26-21-24-47(56)62-32-19-15-13-11-9-6-2)42-66-51(60)38-52-35-43(4)33-45(37-52)34-44(7-3)36-52/h43-45H,5-42H2,1-4H3. The predicted octanol–water partition coefficient (Wildman–Crippen LogP) is 10.8. The normalized spacial score (nSPS) is 20.6. The molecule has 2 bridgehead atoms. The van der Waals surface area contributed by atoms with Gasteiger partial charge in [-0.1, -0.05) is 98.3 Å². The van der Waals surface area contributed by atoms with Crippen molar-refractivity contribution in [3.8, 4) is 0 Å². The van der Waals surface area contributed by atoms with Crippen molar-refractivity contribution in [2.75, 3.05) is 59.3 Å². The molecule has 4 atom stereocenters. The second kappa shape index (κ2) is 33.3. The molecule has 380 valence electrons. The third-order valence-corrected chi connectivity index (χ3v) is 14.0. The summed E-state index contributed by atoms with van der Waals surface area (Å²) in [4.78, 5) is 80.7. The molecule has 0 amide bonds. The highest BCUT2D eigenvalue weighted by Gasteiger charge is 2.47. The largest absolute Gasteiger partial charge is 0.466 e. The van der Waals surface area contributed by atoms with Crippen molar-refractivity contribution in [1.82, 2.24) is 4.90 Å². The van der Waals surface area contributed by atoms with Gasteiger partial charge in [-0.25, -0.2) is 0 Å². The monoisotopic (exact) mass is 934 g/mol. The van der Waals surface area contributed by atoms with Crippen molar-refractivity contribution < 1.29 is 57.2 Å². The summed E-state index contributed by atoms with van der Waals surface area (Å²) in [5.41, 5.74) is -1.55. The van der Waals surface area contributed by atoms with E-state index < -0.39 is 23.3 Å². The molecule has 3 fully saturated rings. The van der Waals surface area contributed by atoms with E-state index in [0.29, 0.717) is 37.4 Å². The Balaban J connectivity index is 1.66. The van der Waals surface area contributed by atoms with Crippen molar-refractivity contribution in [3.63, 3.8) is 0 Å². The van der Waals surface area contributed by atoms with Gasteiger partial charge < -0.3 is 33.3 Å². The predicted molar refractivity (Wildman–Crippen MR) is 254 cm³/mol. The number of hydrogen-bond acceptors (Lipinski definition) is 13. The summed E-state index contributed by atoms with van der Waals surface area (Å²) in [5.74, 6) is -1.07. The molecule has 13 heteroatoms. The first kappa shape index (κ1) is 57.1. The van der Waals surface area contributed by atoms with Gasteiger partial charge in [-0.05, 0) is 120 Å². The lowest BCUT2D eigenvalue weighted by Gasteiger charge is -2.50. The van der Waals surface area contributed by atoms with Crippen molar-refractivity contribution in [2.24, 2.45) is 28.6 Å². The number of nitrogens with zero attached hydrogens (tertiary/aromatic N) is 1. The maximum atomic E-state index is 13.9. The van der Waals surface area contributed by atoms with E-state index in [4.69, 9.17) is 28.4 Å². The number of carbonyl (C=O) groups excluding carboxylic acids is 6. The molecule has 1 saturated heterocycles. The SMILES string of the molecule is CCCCCCCCOC(=O)CCCC(=O)OCC(COC(=O)CCCC(=O)OCCCCCCCC)(COC(=O)CCCN1CCCC1)COC(=O)CC12CC(C)CC(CC(CC)C1)C2. The molecule has 1 aliphatic heterocycles.